The second-order valence-corrected chi connectivity index (χ2v) is 11.1. The standard InChI is InChI=1S/C26H22Cl2FN3O5S/c1-16-24(25(33)32(30(16)2)17-8-5-4-6-9-17)31(3)38(35,36)18-12-13-22(28)19(14-18)26(34)37-15-20-21(27)10-7-11-23(20)29/h4-14H,15H2,1-3H3. The van der Waals surface area contributed by atoms with E-state index in [0.29, 0.717) is 11.4 Å². The van der Waals surface area contributed by atoms with Crippen molar-refractivity contribution in [3.63, 3.8) is 0 Å². The molecule has 0 bridgehead atoms. The zero-order chi connectivity index (χ0) is 27.8. The van der Waals surface area contributed by atoms with Crippen molar-refractivity contribution in [2.45, 2.75) is 18.4 Å². The van der Waals surface area contributed by atoms with Gasteiger partial charge in [0.05, 0.1) is 31.9 Å². The molecular formula is C26H22Cl2FN3O5S. The number of para-hydroxylation sites is 1. The van der Waals surface area contributed by atoms with E-state index in [1.165, 1.54) is 42.1 Å². The van der Waals surface area contributed by atoms with Gasteiger partial charge in [-0.3, -0.25) is 13.8 Å². The molecular weight excluding hydrogens is 556 g/mol. The van der Waals surface area contributed by atoms with Gasteiger partial charge >= 0.3 is 5.97 Å². The van der Waals surface area contributed by atoms with Gasteiger partial charge < -0.3 is 4.74 Å². The molecule has 0 radical (unpaired) electrons. The lowest BCUT2D eigenvalue weighted by Gasteiger charge is -2.19. The quantitative estimate of drug-likeness (QED) is 0.285. The van der Waals surface area contributed by atoms with Crippen LogP contribution < -0.4 is 9.86 Å². The molecule has 8 nitrogen and oxygen atoms in total. The van der Waals surface area contributed by atoms with Gasteiger partial charge in [-0.25, -0.2) is 22.3 Å². The monoisotopic (exact) mass is 577 g/mol. The molecule has 4 aromatic rings. The molecule has 0 aliphatic heterocycles. The number of anilines is 1. The average Bonchev–Trinajstić information content (AvgIpc) is 3.11. The molecule has 0 aliphatic carbocycles. The first-order chi connectivity index (χ1) is 17.9. The molecule has 198 valence electrons. The molecule has 3 aromatic carbocycles. The minimum atomic E-state index is -4.32. The number of carbonyl (C=O) groups is 1. The molecule has 4 rings (SSSR count). The predicted molar refractivity (Wildman–Crippen MR) is 143 cm³/mol. The number of nitrogens with zero attached hydrogens (tertiary/aromatic N) is 3. The SMILES string of the molecule is Cc1c(N(C)S(=O)(=O)c2ccc(Cl)c(C(=O)OCc3c(F)cccc3Cl)c2)c(=O)n(-c2ccccc2)n1C. The highest BCUT2D eigenvalue weighted by Gasteiger charge is 2.30. The van der Waals surface area contributed by atoms with E-state index in [0.717, 1.165) is 10.4 Å². The van der Waals surface area contributed by atoms with Crippen molar-refractivity contribution in [3.05, 3.63) is 110 Å². The Morgan fingerprint density at radius 3 is 2.37 bits per heavy atom. The largest absolute Gasteiger partial charge is 0.457 e. The number of hydrogen-bond donors (Lipinski definition) is 0. The Morgan fingerprint density at radius 1 is 1.03 bits per heavy atom. The van der Waals surface area contributed by atoms with Crippen LogP contribution in [0.4, 0.5) is 10.1 Å². The summed E-state index contributed by atoms with van der Waals surface area (Å²) in [5, 5.41) is -0.000186. The third-order valence-electron chi connectivity index (χ3n) is 6.06. The first-order valence-electron chi connectivity index (χ1n) is 11.2. The number of ether oxygens (including phenoxy) is 1. The van der Waals surface area contributed by atoms with Crippen molar-refractivity contribution in [1.82, 2.24) is 9.36 Å². The van der Waals surface area contributed by atoms with Gasteiger partial charge in [0.2, 0.25) is 0 Å². The molecule has 38 heavy (non-hydrogen) atoms. The van der Waals surface area contributed by atoms with Crippen molar-refractivity contribution < 1.29 is 22.3 Å². The van der Waals surface area contributed by atoms with Crippen LogP contribution in [0.1, 0.15) is 21.6 Å². The Morgan fingerprint density at radius 2 is 1.71 bits per heavy atom. The number of aromatic nitrogens is 2. The van der Waals surface area contributed by atoms with Crippen molar-refractivity contribution in [2.24, 2.45) is 7.05 Å². The van der Waals surface area contributed by atoms with Gasteiger partial charge in [0, 0.05) is 19.7 Å². The van der Waals surface area contributed by atoms with Crippen molar-refractivity contribution in [2.75, 3.05) is 11.4 Å². The van der Waals surface area contributed by atoms with E-state index in [-0.39, 0.29) is 31.8 Å². The molecule has 0 saturated carbocycles. The Kier molecular flexibility index (Phi) is 7.68. The van der Waals surface area contributed by atoms with Crippen LogP contribution in [0.25, 0.3) is 5.69 Å². The molecule has 0 N–H and O–H groups in total. The highest BCUT2D eigenvalue weighted by Crippen LogP contribution is 2.28. The van der Waals surface area contributed by atoms with Gasteiger partial charge in [0.1, 0.15) is 18.1 Å². The van der Waals surface area contributed by atoms with Crippen LogP contribution in [-0.4, -0.2) is 30.8 Å². The second-order valence-electron chi connectivity index (χ2n) is 8.30. The van der Waals surface area contributed by atoms with Crippen molar-refractivity contribution >= 4 is 44.9 Å². The van der Waals surface area contributed by atoms with Gasteiger partial charge in [-0.1, -0.05) is 47.5 Å². The maximum atomic E-state index is 14.0. The van der Waals surface area contributed by atoms with Crippen LogP contribution in [0, 0.1) is 12.7 Å². The third-order valence-corrected chi connectivity index (χ3v) is 8.50. The fourth-order valence-electron chi connectivity index (χ4n) is 3.90. The minimum absolute atomic E-state index is 0.0311. The topological polar surface area (TPSA) is 90.6 Å². The number of sulfonamides is 1. The van der Waals surface area contributed by atoms with E-state index in [4.69, 9.17) is 27.9 Å². The molecule has 1 aromatic heterocycles. The first-order valence-corrected chi connectivity index (χ1v) is 13.4. The Labute approximate surface area is 228 Å². The van der Waals surface area contributed by atoms with Crippen LogP contribution in [0.3, 0.4) is 0 Å². The normalized spacial score (nSPS) is 11.4. The Bertz CT molecular complexity index is 1680. The summed E-state index contributed by atoms with van der Waals surface area (Å²) in [6, 6.07) is 16.3. The molecule has 0 saturated heterocycles. The zero-order valence-electron chi connectivity index (χ0n) is 20.5. The maximum absolute atomic E-state index is 14.0. The molecule has 0 aliphatic rings. The first kappa shape index (κ1) is 27.4. The van der Waals surface area contributed by atoms with Crippen LogP contribution in [-0.2, 0) is 28.4 Å². The average molecular weight is 578 g/mol. The van der Waals surface area contributed by atoms with E-state index in [1.54, 1.807) is 49.0 Å². The van der Waals surface area contributed by atoms with Crippen LogP contribution in [0.5, 0.6) is 0 Å². The summed E-state index contributed by atoms with van der Waals surface area (Å²) in [6.45, 7) is 1.14. The summed E-state index contributed by atoms with van der Waals surface area (Å²) < 4.78 is 50.1. The van der Waals surface area contributed by atoms with E-state index in [1.807, 2.05) is 0 Å². The molecule has 0 atom stereocenters. The third kappa shape index (κ3) is 4.94. The lowest BCUT2D eigenvalue weighted by Crippen LogP contribution is -2.32. The van der Waals surface area contributed by atoms with E-state index in [2.05, 4.69) is 0 Å². The van der Waals surface area contributed by atoms with Gasteiger partial charge in [-0.05, 0) is 49.4 Å². The van der Waals surface area contributed by atoms with Crippen LogP contribution in [0.15, 0.2) is 76.4 Å². The fraction of sp³-hybridized carbons (Fsp3) is 0.154. The van der Waals surface area contributed by atoms with Crippen LogP contribution >= 0.6 is 23.2 Å². The molecule has 0 spiro atoms. The van der Waals surface area contributed by atoms with Crippen LogP contribution in [0.2, 0.25) is 10.0 Å². The predicted octanol–water partition coefficient (Wildman–Crippen LogP) is 5.11. The minimum Gasteiger partial charge on any atom is -0.457 e. The highest BCUT2D eigenvalue weighted by molar-refractivity contribution is 7.92. The molecule has 0 amide bonds. The smallest absolute Gasteiger partial charge is 0.340 e. The number of hydrogen-bond acceptors (Lipinski definition) is 5. The number of carbonyl (C=O) groups excluding carboxylic acids is 1. The van der Waals surface area contributed by atoms with Gasteiger partial charge in [0.25, 0.3) is 15.6 Å². The van der Waals surface area contributed by atoms with E-state index < -0.39 is 34.0 Å². The number of rotatable bonds is 7. The van der Waals surface area contributed by atoms with Gasteiger partial charge in [-0.15, -0.1) is 0 Å². The summed E-state index contributed by atoms with van der Waals surface area (Å²) in [5.41, 5.74) is 0.0747. The zero-order valence-corrected chi connectivity index (χ0v) is 22.8. The number of esters is 1. The summed E-state index contributed by atoms with van der Waals surface area (Å²) >= 11 is 12.1. The Hall–Kier alpha value is -3.60. The number of benzene rings is 3. The molecule has 0 fully saturated rings. The molecule has 12 heteroatoms. The summed E-state index contributed by atoms with van der Waals surface area (Å²) in [6.07, 6.45) is 0. The second kappa shape index (κ2) is 10.6. The lowest BCUT2D eigenvalue weighted by atomic mass is 10.2. The lowest BCUT2D eigenvalue weighted by molar-refractivity contribution is 0.0469. The van der Waals surface area contributed by atoms with Gasteiger partial charge in [0.15, 0.2) is 0 Å². The maximum Gasteiger partial charge on any atom is 0.340 e. The van der Waals surface area contributed by atoms with E-state index in [9.17, 15) is 22.4 Å². The number of halogens is 3. The highest BCUT2D eigenvalue weighted by atomic mass is 35.5. The van der Waals surface area contributed by atoms with Crippen molar-refractivity contribution in [1.29, 1.82) is 0 Å². The fourth-order valence-corrected chi connectivity index (χ4v) is 5.59. The van der Waals surface area contributed by atoms with Crippen molar-refractivity contribution in [3.8, 4) is 5.69 Å². The van der Waals surface area contributed by atoms with E-state index >= 15 is 0 Å². The summed E-state index contributed by atoms with van der Waals surface area (Å²) in [7, 11) is -1.42. The summed E-state index contributed by atoms with van der Waals surface area (Å²) in [4.78, 5) is 25.8. The van der Waals surface area contributed by atoms with Gasteiger partial charge in [-0.2, -0.15) is 0 Å². The molecule has 1 heterocycles. The Balaban J connectivity index is 1.68. The summed E-state index contributed by atoms with van der Waals surface area (Å²) in [5.74, 6) is -1.63. The molecule has 0 unspecified atom stereocenters.